The van der Waals surface area contributed by atoms with Gasteiger partial charge in [-0.2, -0.15) is 0 Å². The zero-order valence-corrected chi connectivity index (χ0v) is 11.1. The molecule has 0 bridgehead atoms. The van der Waals surface area contributed by atoms with Gasteiger partial charge in [0.2, 0.25) is 5.78 Å². The van der Waals surface area contributed by atoms with Crippen LogP contribution in [-0.2, 0) is 0 Å². The van der Waals surface area contributed by atoms with Gasteiger partial charge in [0.25, 0.3) is 0 Å². The smallest absolute Gasteiger partial charge is 0.202 e. The SMILES string of the molecule is CCC1CCC(C(=O)c2occc2Br)CC1. The van der Waals surface area contributed by atoms with Gasteiger partial charge in [-0.05, 0) is 53.6 Å². The molecule has 16 heavy (non-hydrogen) atoms. The molecule has 1 aliphatic carbocycles. The van der Waals surface area contributed by atoms with E-state index in [1.165, 1.54) is 19.3 Å². The number of hydrogen-bond donors (Lipinski definition) is 0. The van der Waals surface area contributed by atoms with E-state index < -0.39 is 0 Å². The normalized spacial score (nSPS) is 25.6. The van der Waals surface area contributed by atoms with E-state index in [0.717, 1.165) is 23.2 Å². The monoisotopic (exact) mass is 284 g/mol. The molecule has 0 spiro atoms. The first-order valence-corrected chi connectivity index (χ1v) is 6.78. The predicted molar refractivity (Wildman–Crippen MR) is 66.5 cm³/mol. The van der Waals surface area contributed by atoms with Crippen molar-refractivity contribution in [1.29, 1.82) is 0 Å². The standard InChI is InChI=1S/C13H17BrO2/c1-2-9-3-5-10(6-4-9)12(15)13-11(14)7-8-16-13/h7-10H,2-6H2,1H3. The van der Waals surface area contributed by atoms with E-state index in [1.54, 1.807) is 12.3 Å². The lowest BCUT2D eigenvalue weighted by Gasteiger charge is -2.26. The van der Waals surface area contributed by atoms with Crippen LogP contribution >= 0.6 is 15.9 Å². The first-order chi connectivity index (χ1) is 7.72. The maximum Gasteiger partial charge on any atom is 0.202 e. The maximum atomic E-state index is 12.2. The van der Waals surface area contributed by atoms with Gasteiger partial charge in [0.15, 0.2) is 5.76 Å². The lowest BCUT2D eigenvalue weighted by atomic mass is 9.78. The average Bonchev–Trinajstić information content (AvgIpc) is 2.75. The number of furan rings is 1. The predicted octanol–water partition coefficient (Wildman–Crippen LogP) is 4.44. The number of hydrogen-bond acceptors (Lipinski definition) is 2. The molecule has 1 aromatic rings. The van der Waals surface area contributed by atoms with Gasteiger partial charge in [-0.25, -0.2) is 0 Å². The van der Waals surface area contributed by atoms with Crippen LogP contribution in [0.3, 0.4) is 0 Å². The molecule has 3 heteroatoms. The zero-order chi connectivity index (χ0) is 11.5. The zero-order valence-electron chi connectivity index (χ0n) is 9.54. The molecule has 88 valence electrons. The van der Waals surface area contributed by atoms with E-state index >= 15 is 0 Å². The fourth-order valence-electron chi connectivity index (χ4n) is 2.49. The van der Waals surface area contributed by atoms with Gasteiger partial charge in [-0.3, -0.25) is 4.79 Å². The van der Waals surface area contributed by atoms with Crippen molar-refractivity contribution in [2.45, 2.75) is 39.0 Å². The summed E-state index contributed by atoms with van der Waals surface area (Å²) in [6.07, 6.45) is 7.21. The van der Waals surface area contributed by atoms with Crippen LogP contribution in [0.25, 0.3) is 0 Å². The Hall–Kier alpha value is -0.570. The molecule has 0 radical (unpaired) electrons. The minimum atomic E-state index is 0.172. The lowest BCUT2D eigenvalue weighted by Crippen LogP contribution is -2.21. The average molecular weight is 285 g/mol. The summed E-state index contributed by atoms with van der Waals surface area (Å²) < 4.78 is 6.02. The van der Waals surface area contributed by atoms with E-state index in [9.17, 15) is 4.79 Å². The topological polar surface area (TPSA) is 30.2 Å². The number of carbonyl (C=O) groups is 1. The minimum absolute atomic E-state index is 0.172. The number of rotatable bonds is 3. The Morgan fingerprint density at radius 1 is 1.44 bits per heavy atom. The van der Waals surface area contributed by atoms with E-state index in [4.69, 9.17) is 4.42 Å². The van der Waals surface area contributed by atoms with Crippen LogP contribution in [0, 0.1) is 11.8 Å². The third-order valence-corrected chi connectivity index (χ3v) is 4.26. The molecule has 2 nitrogen and oxygen atoms in total. The quantitative estimate of drug-likeness (QED) is 0.768. The van der Waals surface area contributed by atoms with Crippen LogP contribution in [0.1, 0.15) is 49.6 Å². The molecule has 1 fully saturated rings. The minimum Gasteiger partial charge on any atom is -0.460 e. The molecular weight excluding hydrogens is 268 g/mol. The Bertz CT molecular complexity index is 362. The van der Waals surface area contributed by atoms with Crippen molar-refractivity contribution < 1.29 is 9.21 Å². The highest BCUT2D eigenvalue weighted by molar-refractivity contribution is 9.10. The largest absolute Gasteiger partial charge is 0.460 e. The van der Waals surface area contributed by atoms with Gasteiger partial charge in [0.05, 0.1) is 10.7 Å². The second kappa shape index (κ2) is 5.17. The van der Waals surface area contributed by atoms with Crippen LogP contribution in [0.5, 0.6) is 0 Å². The molecule has 0 atom stereocenters. The summed E-state index contributed by atoms with van der Waals surface area (Å²) in [5.41, 5.74) is 0. The number of ketones is 1. The summed E-state index contributed by atoms with van der Waals surface area (Å²) >= 11 is 3.34. The van der Waals surface area contributed by atoms with Crippen LogP contribution < -0.4 is 0 Å². The van der Waals surface area contributed by atoms with Gasteiger partial charge < -0.3 is 4.42 Å². The fraction of sp³-hybridized carbons (Fsp3) is 0.615. The lowest BCUT2D eigenvalue weighted by molar-refractivity contribution is 0.0841. The summed E-state index contributed by atoms with van der Waals surface area (Å²) in [4.78, 5) is 12.2. The summed E-state index contributed by atoms with van der Waals surface area (Å²) in [6.45, 7) is 2.23. The van der Waals surface area contributed by atoms with Crippen molar-refractivity contribution in [2.75, 3.05) is 0 Å². The fourth-order valence-corrected chi connectivity index (χ4v) is 2.88. The van der Waals surface area contributed by atoms with E-state index in [-0.39, 0.29) is 11.7 Å². The molecule has 1 heterocycles. The van der Waals surface area contributed by atoms with Gasteiger partial charge in [0, 0.05) is 5.92 Å². The van der Waals surface area contributed by atoms with Gasteiger partial charge in [0.1, 0.15) is 0 Å². The number of Topliss-reactive ketones (excluding diaryl/α,β-unsaturated/α-hetero) is 1. The molecule has 2 rings (SSSR count). The van der Waals surface area contributed by atoms with Gasteiger partial charge in [-0.15, -0.1) is 0 Å². The Kier molecular flexibility index (Phi) is 3.85. The highest BCUT2D eigenvalue weighted by Gasteiger charge is 2.28. The summed E-state index contributed by atoms with van der Waals surface area (Å²) in [5.74, 6) is 1.67. The maximum absolute atomic E-state index is 12.2. The highest BCUT2D eigenvalue weighted by Crippen LogP contribution is 2.33. The van der Waals surface area contributed by atoms with Crippen molar-refractivity contribution >= 4 is 21.7 Å². The second-order valence-corrected chi connectivity index (χ2v) is 5.44. The summed E-state index contributed by atoms with van der Waals surface area (Å²) in [7, 11) is 0. The molecule has 1 aromatic heterocycles. The molecule has 0 amide bonds. The Morgan fingerprint density at radius 3 is 2.62 bits per heavy atom. The number of halogens is 1. The highest BCUT2D eigenvalue weighted by atomic mass is 79.9. The molecular formula is C13H17BrO2. The Morgan fingerprint density at radius 2 is 2.12 bits per heavy atom. The Balaban J connectivity index is 2.00. The van der Waals surface area contributed by atoms with Gasteiger partial charge in [-0.1, -0.05) is 13.3 Å². The first kappa shape index (κ1) is 11.9. The van der Waals surface area contributed by atoms with Crippen LogP contribution in [0.4, 0.5) is 0 Å². The van der Waals surface area contributed by atoms with Crippen LogP contribution in [-0.4, -0.2) is 5.78 Å². The first-order valence-electron chi connectivity index (χ1n) is 5.99. The van der Waals surface area contributed by atoms with Crippen molar-refractivity contribution in [2.24, 2.45) is 11.8 Å². The molecule has 0 unspecified atom stereocenters. The van der Waals surface area contributed by atoms with Crippen molar-refractivity contribution in [3.8, 4) is 0 Å². The van der Waals surface area contributed by atoms with E-state index in [1.807, 2.05) is 0 Å². The summed E-state index contributed by atoms with van der Waals surface area (Å²) in [5, 5.41) is 0. The molecule has 0 aliphatic heterocycles. The molecule has 0 N–H and O–H groups in total. The van der Waals surface area contributed by atoms with Crippen LogP contribution in [0.15, 0.2) is 21.2 Å². The summed E-state index contributed by atoms with van der Waals surface area (Å²) in [6, 6.07) is 1.78. The molecule has 0 aromatic carbocycles. The van der Waals surface area contributed by atoms with E-state index in [2.05, 4.69) is 22.9 Å². The second-order valence-electron chi connectivity index (χ2n) is 4.59. The Labute approximate surface area is 105 Å². The van der Waals surface area contributed by atoms with Gasteiger partial charge >= 0.3 is 0 Å². The molecule has 1 saturated carbocycles. The number of carbonyl (C=O) groups excluding carboxylic acids is 1. The third kappa shape index (κ3) is 2.40. The third-order valence-electron chi connectivity index (χ3n) is 3.64. The molecule has 0 saturated heterocycles. The van der Waals surface area contributed by atoms with Crippen molar-refractivity contribution in [1.82, 2.24) is 0 Å². The molecule has 1 aliphatic rings. The van der Waals surface area contributed by atoms with E-state index in [0.29, 0.717) is 5.76 Å². The van der Waals surface area contributed by atoms with Crippen molar-refractivity contribution in [3.05, 3.63) is 22.6 Å². The van der Waals surface area contributed by atoms with Crippen molar-refractivity contribution in [3.63, 3.8) is 0 Å². The van der Waals surface area contributed by atoms with Crippen LogP contribution in [0.2, 0.25) is 0 Å².